The normalized spacial score (nSPS) is 16.3. The van der Waals surface area contributed by atoms with E-state index < -0.39 is 39.5 Å². The van der Waals surface area contributed by atoms with Gasteiger partial charge >= 0.3 is 6.18 Å². The second-order valence-electron chi connectivity index (χ2n) is 7.61. The number of nitro benzene ring substituents is 1. The van der Waals surface area contributed by atoms with Crippen LogP contribution < -0.4 is 0 Å². The summed E-state index contributed by atoms with van der Waals surface area (Å²) in [6.07, 6.45) is -3.24. The smallest absolute Gasteiger partial charge is 0.333 e. The number of nitro groups is 1. The standard InChI is InChI=1S/C19H26F3N3O5S/c1-3-4-9-23(13-19(20,21)22)18(26)15-7-10-24(11-8-15)31(29,30)17-12-16(25(27)28)6-5-14(17)2/h5-6,12,15H,3-4,7-11,13H2,1-2H3. The lowest BCUT2D eigenvalue weighted by Crippen LogP contribution is -2.47. The van der Waals surface area contributed by atoms with Crippen LogP contribution in [0, 0.1) is 23.0 Å². The number of hydrogen-bond acceptors (Lipinski definition) is 5. The van der Waals surface area contributed by atoms with E-state index >= 15 is 0 Å². The molecule has 1 aliphatic heterocycles. The van der Waals surface area contributed by atoms with Crippen LogP contribution in [0.4, 0.5) is 18.9 Å². The van der Waals surface area contributed by atoms with E-state index in [-0.39, 0.29) is 43.1 Å². The Bertz CT molecular complexity index is 913. The second kappa shape index (κ2) is 9.94. The molecule has 0 aliphatic carbocycles. The fraction of sp³-hybridized carbons (Fsp3) is 0.632. The Morgan fingerprint density at radius 1 is 1.29 bits per heavy atom. The van der Waals surface area contributed by atoms with Gasteiger partial charge in [0.2, 0.25) is 15.9 Å². The summed E-state index contributed by atoms with van der Waals surface area (Å²) in [4.78, 5) is 23.6. The van der Waals surface area contributed by atoms with E-state index in [1.807, 2.05) is 6.92 Å². The van der Waals surface area contributed by atoms with E-state index in [9.17, 15) is 36.5 Å². The Kier molecular flexibility index (Phi) is 8.04. The highest BCUT2D eigenvalue weighted by Gasteiger charge is 2.38. The number of aryl methyl sites for hydroxylation is 1. The van der Waals surface area contributed by atoms with Crippen molar-refractivity contribution >= 4 is 21.6 Å². The van der Waals surface area contributed by atoms with Crippen molar-refractivity contribution in [3.63, 3.8) is 0 Å². The zero-order valence-electron chi connectivity index (χ0n) is 17.4. The summed E-state index contributed by atoms with van der Waals surface area (Å²) in [5.41, 5.74) is -0.00678. The Balaban J connectivity index is 2.13. The van der Waals surface area contributed by atoms with Crippen LogP contribution >= 0.6 is 0 Å². The first-order valence-electron chi connectivity index (χ1n) is 9.97. The average molecular weight is 465 g/mol. The predicted octanol–water partition coefficient (Wildman–Crippen LogP) is 3.49. The summed E-state index contributed by atoms with van der Waals surface area (Å²) in [5.74, 6) is -1.31. The SMILES string of the molecule is CCCCN(CC(F)(F)F)C(=O)C1CCN(S(=O)(=O)c2cc([N+](=O)[O-])ccc2C)CC1. The average Bonchev–Trinajstić information content (AvgIpc) is 2.69. The minimum absolute atomic E-state index is 0.000232. The topological polar surface area (TPSA) is 101 Å². The third-order valence-electron chi connectivity index (χ3n) is 5.27. The van der Waals surface area contributed by atoms with E-state index in [0.717, 1.165) is 15.3 Å². The summed E-state index contributed by atoms with van der Waals surface area (Å²) in [5, 5.41) is 11.0. The summed E-state index contributed by atoms with van der Waals surface area (Å²) < 4.78 is 65.7. The highest BCUT2D eigenvalue weighted by molar-refractivity contribution is 7.89. The van der Waals surface area contributed by atoms with Gasteiger partial charge in [-0.2, -0.15) is 17.5 Å². The van der Waals surface area contributed by atoms with Gasteiger partial charge in [0.1, 0.15) is 6.54 Å². The minimum atomic E-state index is -4.51. The van der Waals surface area contributed by atoms with Gasteiger partial charge in [0.25, 0.3) is 5.69 Å². The molecule has 0 saturated carbocycles. The van der Waals surface area contributed by atoms with Crippen molar-refractivity contribution in [3.05, 3.63) is 33.9 Å². The van der Waals surface area contributed by atoms with Gasteiger partial charge in [-0.05, 0) is 31.7 Å². The van der Waals surface area contributed by atoms with E-state index in [2.05, 4.69) is 0 Å². The van der Waals surface area contributed by atoms with Crippen LogP contribution in [0.3, 0.4) is 0 Å². The molecule has 174 valence electrons. The van der Waals surface area contributed by atoms with Crippen molar-refractivity contribution < 1.29 is 31.3 Å². The highest BCUT2D eigenvalue weighted by atomic mass is 32.2. The number of non-ortho nitro benzene ring substituents is 1. The summed E-state index contributed by atoms with van der Waals surface area (Å²) in [6.45, 7) is 1.92. The largest absolute Gasteiger partial charge is 0.406 e. The molecule has 0 radical (unpaired) electrons. The first-order chi connectivity index (χ1) is 14.4. The molecule has 1 aliphatic rings. The third-order valence-corrected chi connectivity index (χ3v) is 7.31. The number of halogens is 3. The number of carbonyl (C=O) groups excluding carboxylic acids is 1. The molecule has 1 aromatic rings. The number of sulfonamides is 1. The number of alkyl halides is 3. The van der Waals surface area contributed by atoms with Gasteiger partial charge in [0, 0.05) is 37.7 Å². The molecule has 1 aromatic carbocycles. The third kappa shape index (κ3) is 6.39. The zero-order valence-corrected chi connectivity index (χ0v) is 18.2. The van der Waals surface area contributed by atoms with Gasteiger partial charge < -0.3 is 4.90 Å². The molecule has 0 N–H and O–H groups in total. The number of unbranched alkanes of at least 4 members (excludes halogenated alkanes) is 1. The van der Waals surface area contributed by atoms with Crippen LogP contribution in [0.5, 0.6) is 0 Å². The minimum Gasteiger partial charge on any atom is -0.333 e. The van der Waals surface area contributed by atoms with Crippen LogP contribution in [0.2, 0.25) is 0 Å². The number of hydrogen-bond donors (Lipinski definition) is 0. The predicted molar refractivity (Wildman–Crippen MR) is 107 cm³/mol. The summed E-state index contributed by atoms with van der Waals surface area (Å²) >= 11 is 0. The Morgan fingerprint density at radius 2 is 1.90 bits per heavy atom. The lowest BCUT2D eigenvalue weighted by molar-refractivity contribution is -0.385. The number of carbonyl (C=O) groups is 1. The van der Waals surface area contributed by atoms with Crippen LogP contribution in [0.1, 0.15) is 38.2 Å². The van der Waals surface area contributed by atoms with Crippen molar-refractivity contribution in [2.75, 3.05) is 26.2 Å². The van der Waals surface area contributed by atoms with Gasteiger partial charge in [0.15, 0.2) is 0 Å². The first-order valence-corrected chi connectivity index (χ1v) is 11.4. The zero-order chi connectivity index (χ0) is 23.4. The molecule has 0 unspecified atom stereocenters. The lowest BCUT2D eigenvalue weighted by atomic mass is 9.96. The van der Waals surface area contributed by atoms with Crippen molar-refractivity contribution in [1.29, 1.82) is 0 Å². The summed E-state index contributed by atoms with van der Waals surface area (Å²) in [6, 6.07) is 3.56. The number of amides is 1. The maximum Gasteiger partial charge on any atom is 0.406 e. The van der Waals surface area contributed by atoms with Crippen molar-refractivity contribution in [3.8, 4) is 0 Å². The molecule has 0 spiro atoms. The van der Waals surface area contributed by atoms with Crippen LogP contribution in [0.15, 0.2) is 23.1 Å². The molecule has 31 heavy (non-hydrogen) atoms. The number of nitrogens with zero attached hydrogens (tertiary/aromatic N) is 3. The van der Waals surface area contributed by atoms with Crippen molar-refractivity contribution in [2.45, 2.75) is 50.6 Å². The van der Waals surface area contributed by atoms with Crippen molar-refractivity contribution in [2.24, 2.45) is 5.92 Å². The van der Waals surface area contributed by atoms with Gasteiger partial charge in [0.05, 0.1) is 9.82 Å². The fourth-order valence-corrected chi connectivity index (χ4v) is 5.27. The van der Waals surface area contributed by atoms with Crippen LogP contribution in [-0.4, -0.2) is 60.8 Å². The van der Waals surface area contributed by atoms with E-state index in [0.29, 0.717) is 18.4 Å². The van der Waals surface area contributed by atoms with Gasteiger partial charge in [-0.15, -0.1) is 0 Å². The first kappa shape index (κ1) is 25.1. The number of piperidine rings is 1. The molecule has 0 bridgehead atoms. The second-order valence-corrected chi connectivity index (χ2v) is 9.52. The maximum atomic E-state index is 13.0. The Hall–Kier alpha value is -2.21. The maximum absolute atomic E-state index is 13.0. The molecule has 1 amide bonds. The lowest BCUT2D eigenvalue weighted by Gasteiger charge is -2.34. The van der Waals surface area contributed by atoms with Crippen LogP contribution in [-0.2, 0) is 14.8 Å². The summed E-state index contributed by atoms with van der Waals surface area (Å²) in [7, 11) is -4.04. The Morgan fingerprint density at radius 3 is 2.42 bits per heavy atom. The monoisotopic (exact) mass is 465 g/mol. The molecular weight excluding hydrogens is 439 g/mol. The van der Waals surface area contributed by atoms with E-state index in [1.54, 1.807) is 0 Å². The molecule has 1 heterocycles. The van der Waals surface area contributed by atoms with Gasteiger partial charge in [-0.1, -0.05) is 19.4 Å². The van der Waals surface area contributed by atoms with Crippen molar-refractivity contribution in [1.82, 2.24) is 9.21 Å². The molecule has 1 saturated heterocycles. The molecule has 0 atom stereocenters. The van der Waals surface area contributed by atoms with E-state index in [4.69, 9.17) is 0 Å². The highest BCUT2D eigenvalue weighted by Crippen LogP contribution is 2.29. The number of rotatable bonds is 8. The fourth-order valence-electron chi connectivity index (χ4n) is 3.55. The number of benzene rings is 1. The molecule has 1 fully saturated rings. The van der Waals surface area contributed by atoms with Crippen LogP contribution in [0.25, 0.3) is 0 Å². The molecule has 12 heteroatoms. The van der Waals surface area contributed by atoms with E-state index in [1.165, 1.54) is 19.1 Å². The Labute approximate surface area is 179 Å². The molecular formula is C19H26F3N3O5S. The quantitative estimate of drug-likeness (QED) is 0.432. The molecule has 2 rings (SSSR count). The van der Waals surface area contributed by atoms with Gasteiger partial charge in [-0.25, -0.2) is 8.42 Å². The molecule has 0 aromatic heterocycles. The molecule has 8 nitrogen and oxygen atoms in total. The van der Waals surface area contributed by atoms with Gasteiger partial charge in [-0.3, -0.25) is 14.9 Å².